The van der Waals surface area contributed by atoms with Crippen molar-refractivity contribution in [3.63, 3.8) is 0 Å². The van der Waals surface area contributed by atoms with E-state index in [1.54, 1.807) is 13.1 Å². The number of amides is 1. The van der Waals surface area contributed by atoms with Crippen molar-refractivity contribution in [3.05, 3.63) is 12.2 Å². The molecular weight excluding hydrogens is 180 g/mol. The van der Waals surface area contributed by atoms with Crippen molar-refractivity contribution < 1.29 is 9.53 Å². The minimum Gasteiger partial charge on any atom is -0.378 e. The molecule has 80 valence electrons. The third kappa shape index (κ3) is 2.82. The Labute approximate surface area is 84.9 Å². The van der Waals surface area contributed by atoms with Crippen LogP contribution in [0.5, 0.6) is 0 Å². The standard InChI is InChI=1S/C10H18N2O2/c1-8(4-5-10(13)11-2)12(3)9-6-14-7-9/h4-5,8-9H,6-7H2,1-3H3,(H,11,13). The molecule has 4 heteroatoms. The van der Waals surface area contributed by atoms with Crippen LogP contribution in [-0.2, 0) is 9.53 Å². The van der Waals surface area contributed by atoms with Gasteiger partial charge in [-0.15, -0.1) is 0 Å². The first-order valence-corrected chi connectivity index (χ1v) is 4.84. The number of hydrogen-bond acceptors (Lipinski definition) is 3. The molecule has 1 amide bonds. The first-order chi connectivity index (χ1) is 6.65. The summed E-state index contributed by atoms with van der Waals surface area (Å²) in [7, 11) is 3.67. The Bertz CT molecular complexity index is 224. The fourth-order valence-corrected chi connectivity index (χ4v) is 1.24. The molecule has 1 aliphatic rings. The van der Waals surface area contributed by atoms with Crippen molar-refractivity contribution in [2.24, 2.45) is 0 Å². The molecule has 1 fully saturated rings. The third-order valence-corrected chi connectivity index (χ3v) is 2.61. The Balaban J connectivity index is 2.35. The van der Waals surface area contributed by atoms with E-state index in [4.69, 9.17) is 4.74 Å². The van der Waals surface area contributed by atoms with E-state index in [2.05, 4.69) is 17.1 Å². The van der Waals surface area contributed by atoms with Gasteiger partial charge in [-0.1, -0.05) is 6.08 Å². The third-order valence-electron chi connectivity index (χ3n) is 2.61. The molecule has 1 N–H and O–H groups in total. The number of carbonyl (C=O) groups is 1. The maximum absolute atomic E-state index is 11.0. The Kier molecular flexibility index (Phi) is 4.10. The summed E-state index contributed by atoms with van der Waals surface area (Å²) in [4.78, 5) is 13.2. The molecule has 1 rings (SSSR count). The van der Waals surface area contributed by atoms with Gasteiger partial charge in [0.25, 0.3) is 0 Å². The highest BCUT2D eigenvalue weighted by atomic mass is 16.5. The lowest BCUT2D eigenvalue weighted by Gasteiger charge is -2.37. The van der Waals surface area contributed by atoms with Crippen LogP contribution in [0.3, 0.4) is 0 Å². The predicted molar refractivity (Wildman–Crippen MR) is 55.0 cm³/mol. The van der Waals surface area contributed by atoms with E-state index < -0.39 is 0 Å². The second kappa shape index (κ2) is 5.12. The molecule has 0 saturated carbocycles. The van der Waals surface area contributed by atoms with Crippen molar-refractivity contribution in [2.75, 3.05) is 27.3 Å². The summed E-state index contributed by atoms with van der Waals surface area (Å²) in [5.74, 6) is -0.0601. The molecule has 0 aliphatic carbocycles. The molecule has 0 aromatic rings. The summed E-state index contributed by atoms with van der Waals surface area (Å²) in [6.07, 6.45) is 3.47. The van der Waals surface area contributed by atoms with Gasteiger partial charge >= 0.3 is 0 Å². The zero-order chi connectivity index (χ0) is 10.6. The van der Waals surface area contributed by atoms with Crippen LogP contribution in [0.15, 0.2) is 12.2 Å². The van der Waals surface area contributed by atoms with E-state index in [-0.39, 0.29) is 11.9 Å². The quantitative estimate of drug-likeness (QED) is 0.647. The van der Waals surface area contributed by atoms with E-state index in [9.17, 15) is 4.79 Å². The zero-order valence-corrected chi connectivity index (χ0v) is 8.99. The van der Waals surface area contributed by atoms with Crippen molar-refractivity contribution in [1.29, 1.82) is 0 Å². The van der Waals surface area contributed by atoms with Gasteiger partial charge in [-0.2, -0.15) is 0 Å². The van der Waals surface area contributed by atoms with E-state index in [1.807, 2.05) is 13.1 Å². The summed E-state index contributed by atoms with van der Waals surface area (Å²) >= 11 is 0. The summed E-state index contributed by atoms with van der Waals surface area (Å²) in [5, 5.41) is 2.55. The van der Waals surface area contributed by atoms with Gasteiger partial charge in [0.2, 0.25) is 5.91 Å². The minimum atomic E-state index is -0.0601. The van der Waals surface area contributed by atoms with Gasteiger partial charge in [0.1, 0.15) is 0 Å². The van der Waals surface area contributed by atoms with Gasteiger partial charge in [-0.3, -0.25) is 9.69 Å². The van der Waals surface area contributed by atoms with Crippen LogP contribution >= 0.6 is 0 Å². The fourth-order valence-electron chi connectivity index (χ4n) is 1.24. The Morgan fingerprint density at radius 1 is 1.64 bits per heavy atom. The van der Waals surface area contributed by atoms with Crippen LogP contribution in [0.1, 0.15) is 6.92 Å². The lowest BCUT2D eigenvalue weighted by molar-refractivity contribution is -0.116. The Morgan fingerprint density at radius 2 is 2.29 bits per heavy atom. The summed E-state index contributed by atoms with van der Waals surface area (Å²) < 4.78 is 5.11. The number of carbonyl (C=O) groups excluding carboxylic acids is 1. The zero-order valence-electron chi connectivity index (χ0n) is 8.99. The molecule has 0 aromatic carbocycles. The molecule has 0 radical (unpaired) electrons. The maximum Gasteiger partial charge on any atom is 0.243 e. The normalized spacial score (nSPS) is 19.7. The molecule has 0 bridgehead atoms. The SMILES string of the molecule is CNC(=O)C=CC(C)N(C)C1COC1. The molecular formula is C10H18N2O2. The van der Waals surface area contributed by atoms with Crippen LogP contribution in [0.4, 0.5) is 0 Å². The Hall–Kier alpha value is -0.870. The lowest BCUT2D eigenvalue weighted by Crippen LogP contribution is -2.50. The van der Waals surface area contributed by atoms with Gasteiger partial charge in [0, 0.05) is 19.2 Å². The van der Waals surface area contributed by atoms with Gasteiger partial charge in [-0.05, 0) is 14.0 Å². The highest BCUT2D eigenvalue weighted by molar-refractivity contribution is 5.87. The first-order valence-electron chi connectivity index (χ1n) is 4.84. The molecule has 1 aliphatic heterocycles. The number of likely N-dealkylation sites (N-methyl/N-ethyl adjacent to an activating group) is 2. The molecule has 0 aromatic heterocycles. The van der Waals surface area contributed by atoms with Crippen LogP contribution in [0, 0.1) is 0 Å². The lowest BCUT2D eigenvalue weighted by atomic mass is 10.1. The van der Waals surface area contributed by atoms with Crippen LogP contribution in [0.25, 0.3) is 0 Å². The van der Waals surface area contributed by atoms with Crippen LogP contribution < -0.4 is 5.32 Å². The molecule has 1 heterocycles. The second-order valence-corrected chi connectivity index (χ2v) is 3.57. The predicted octanol–water partition coefficient (Wildman–Crippen LogP) is 0.00770. The summed E-state index contributed by atoms with van der Waals surface area (Å²) in [5.41, 5.74) is 0. The highest BCUT2D eigenvalue weighted by Gasteiger charge is 2.25. The van der Waals surface area contributed by atoms with Crippen molar-refractivity contribution >= 4 is 5.91 Å². The average molecular weight is 198 g/mol. The second-order valence-electron chi connectivity index (χ2n) is 3.57. The van der Waals surface area contributed by atoms with Gasteiger partial charge in [0.15, 0.2) is 0 Å². The van der Waals surface area contributed by atoms with Crippen LogP contribution in [-0.4, -0.2) is 50.2 Å². The van der Waals surface area contributed by atoms with Crippen molar-refractivity contribution in [2.45, 2.75) is 19.0 Å². The molecule has 0 spiro atoms. The highest BCUT2D eigenvalue weighted by Crippen LogP contribution is 2.11. The molecule has 4 nitrogen and oxygen atoms in total. The topological polar surface area (TPSA) is 41.6 Å². The first kappa shape index (κ1) is 11.2. The van der Waals surface area contributed by atoms with Gasteiger partial charge in [0.05, 0.1) is 19.3 Å². The fraction of sp³-hybridized carbons (Fsp3) is 0.700. The summed E-state index contributed by atoms with van der Waals surface area (Å²) in [6.45, 7) is 3.67. The molecule has 1 unspecified atom stereocenters. The minimum absolute atomic E-state index is 0.0601. The molecule has 14 heavy (non-hydrogen) atoms. The number of nitrogens with zero attached hydrogens (tertiary/aromatic N) is 1. The molecule has 1 saturated heterocycles. The Morgan fingerprint density at radius 3 is 2.71 bits per heavy atom. The number of hydrogen-bond donors (Lipinski definition) is 1. The average Bonchev–Trinajstić information content (AvgIpc) is 2.10. The summed E-state index contributed by atoms with van der Waals surface area (Å²) in [6, 6.07) is 0.764. The van der Waals surface area contributed by atoms with Gasteiger partial charge < -0.3 is 10.1 Å². The molecule has 1 atom stereocenters. The van der Waals surface area contributed by atoms with Crippen LogP contribution in [0.2, 0.25) is 0 Å². The van der Waals surface area contributed by atoms with E-state index in [0.717, 1.165) is 13.2 Å². The maximum atomic E-state index is 11.0. The number of ether oxygens (including phenoxy) is 1. The van der Waals surface area contributed by atoms with E-state index in [0.29, 0.717) is 6.04 Å². The number of rotatable bonds is 4. The van der Waals surface area contributed by atoms with Crippen molar-refractivity contribution in [3.8, 4) is 0 Å². The monoisotopic (exact) mass is 198 g/mol. The largest absolute Gasteiger partial charge is 0.378 e. The van der Waals surface area contributed by atoms with E-state index in [1.165, 1.54) is 0 Å². The van der Waals surface area contributed by atoms with E-state index >= 15 is 0 Å². The van der Waals surface area contributed by atoms with Gasteiger partial charge in [-0.25, -0.2) is 0 Å². The number of nitrogens with one attached hydrogen (secondary N) is 1. The van der Waals surface area contributed by atoms with Crippen molar-refractivity contribution in [1.82, 2.24) is 10.2 Å². The smallest absolute Gasteiger partial charge is 0.243 e.